The van der Waals surface area contributed by atoms with E-state index in [0.717, 1.165) is 12.8 Å². The van der Waals surface area contributed by atoms with Crippen LogP contribution in [0.5, 0.6) is 0 Å². The third kappa shape index (κ3) is 8.35. The lowest BCUT2D eigenvalue weighted by atomic mass is 9.90. The van der Waals surface area contributed by atoms with Crippen molar-refractivity contribution in [1.82, 2.24) is 5.43 Å². The van der Waals surface area contributed by atoms with Crippen LogP contribution in [0, 0.1) is 5.92 Å². The van der Waals surface area contributed by atoms with Crippen molar-refractivity contribution >= 4 is 18.1 Å². The van der Waals surface area contributed by atoms with Gasteiger partial charge in [0.2, 0.25) is 5.91 Å². The maximum Gasteiger partial charge on any atom is 0.303 e. The minimum atomic E-state index is -0.776. The van der Waals surface area contributed by atoms with Crippen molar-refractivity contribution in [3.63, 3.8) is 0 Å². The van der Waals surface area contributed by atoms with Crippen molar-refractivity contribution in [3.05, 3.63) is 0 Å². The molecule has 0 aromatic rings. The number of carboxylic acid groups (broad SMARTS) is 1. The van der Waals surface area contributed by atoms with E-state index in [2.05, 4.69) is 10.5 Å². The lowest BCUT2D eigenvalue weighted by molar-refractivity contribution is -0.137. The monoisotopic (exact) mass is 268 g/mol. The van der Waals surface area contributed by atoms with Crippen LogP contribution in [0.1, 0.15) is 64.2 Å². The number of hydrazone groups is 1. The average molecular weight is 268 g/mol. The topological polar surface area (TPSA) is 78.8 Å². The number of nitrogens with one attached hydrogen (secondary N) is 1. The van der Waals surface area contributed by atoms with Gasteiger partial charge in [-0.1, -0.05) is 25.7 Å². The van der Waals surface area contributed by atoms with Gasteiger partial charge in [0.15, 0.2) is 0 Å². The molecule has 0 aliphatic heterocycles. The highest BCUT2D eigenvalue weighted by molar-refractivity contribution is 5.76. The first-order valence-corrected chi connectivity index (χ1v) is 7.22. The van der Waals surface area contributed by atoms with Crippen LogP contribution in [0.4, 0.5) is 0 Å². The van der Waals surface area contributed by atoms with E-state index >= 15 is 0 Å². The van der Waals surface area contributed by atoms with Gasteiger partial charge in [0.25, 0.3) is 0 Å². The maximum absolute atomic E-state index is 11.4. The Hall–Kier alpha value is -1.39. The zero-order valence-electron chi connectivity index (χ0n) is 11.4. The predicted molar refractivity (Wildman–Crippen MR) is 73.9 cm³/mol. The van der Waals surface area contributed by atoms with Crippen LogP contribution in [0.25, 0.3) is 0 Å². The Kier molecular flexibility index (Phi) is 7.86. The lowest BCUT2D eigenvalue weighted by Gasteiger charge is -2.16. The molecule has 0 aromatic carbocycles. The summed E-state index contributed by atoms with van der Waals surface area (Å²) in [5.41, 5.74) is 2.54. The van der Waals surface area contributed by atoms with E-state index in [9.17, 15) is 9.59 Å². The summed E-state index contributed by atoms with van der Waals surface area (Å²) in [6, 6.07) is 0. The summed E-state index contributed by atoms with van der Waals surface area (Å²) in [5.74, 6) is -0.339. The molecule has 0 bridgehead atoms. The zero-order valence-corrected chi connectivity index (χ0v) is 11.4. The van der Waals surface area contributed by atoms with Crippen LogP contribution in [-0.4, -0.2) is 23.2 Å². The van der Waals surface area contributed by atoms with Gasteiger partial charge in [0, 0.05) is 19.1 Å². The molecule has 0 heterocycles. The van der Waals surface area contributed by atoms with Gasteiger partial charge in [0.05, 0.1) is 0 Å². The fourth-order valence-electron chi connectivity index (χ4n) is 2.29. The second kappa shape index (κ2) is 9.53. The lowest BCUT2D eigenvalue weighted by Crippen LogP contribution is -2.18. The first-order chi connectivity index (χ1) is 9.18. The van der Waals surface area contributed by atoms with Crippen LogP contribution in [0.15, 0.2) is 5.10 Å². The molecular formula is C14H24N2O3. The van der Waals surface area contributed by atoms with Gasteiger partial charge < -0.3 is 5.11 Å². The van der Waals surface area contributed by atoms with Crippen molar-refractivity contribution in [2.24, 2.45) is 11.0 Å². The van der Waals surface area contributed by atoms with Crippen molar-refractivity contribution < 1.29 is 14.7 Å². The predicted octanol–water partition coefficient (Wildman–Crippen LogP) is 2.70. The largest absolute Gasteiger partial charge is 0.481 e. The molecule has 5 heteroatoms. The number of unbranched alkanes of at least 4 members (excludes halogenated alkanes) is 2. The maximum atomic E-state index is 11.4. The van der Waals surface area contributed by atoms with Crippen LogP contribution < -0.4 is 5.43 Å². The van der Waals surface area contributed by atoms with Gasteiger partial charge in [0.1, 0.15) is 0 Å². The smallest absolute Gasteiger partial charge is 0.303 e. The molecule has 1 aliphatic rings. The molecule has 19 heavy (non-hydrogen) atoms. The quantitative estimate of drug-likeness (QED) is 0.403. The number of hydrogen-bond acceptors (Lipinski definition) is 3. The molecule has 0 atom stereocenters. The number of carbonyl (C=O) groups is 2. The number of hydrogen-bond donors (Lipinski definition) is 2. The molecule has 2 N–H and O–H groups in total. The summed E-state index contributed by atoms with van der Waals surface area (Å²) in [4.78, 5) is 21.7. The van der Waals surface area contributed by atoms with Crippen molar-refractivity contribution in [2.45, 2.75) is 64.2 Å². The van der Waals surface area contributed by atoms with E-state index in [-0.39, 0.29) is 12.3 Å². The van der Waals surface area contributed by atoms with Crippen LogP contribution in [-0.2, 0) is 9.59 Å². The number of carbonyl (C=O) groups excluding carboxylic acids is 1. The molecule has 1 saturated carbocycles. The number of amides is 1. The summed E-state index contributed by atoms with van der Waals surface area (Å²) in [6.45, 7) is 0. The van der Waals surface area contributed by atoms with Crippen molar-refractivity contribution in [1.29, 1.82) is 0 Å². The van der Waals surface area contributed by atoms with Crippen molar-refractivity contribution in [3.8, 4) is 0 Å². The summed E-state index contributed by atoms with van der Waals surface area (Å²) in [6.07, 6.45) is 10.8. The first kappa shape index (κ1) is 15.7. The van der Waals surface area contributed by atoms with E-state index in [0.29, 0.717) is 18.8 Å². The number of nitrogens with zero attached hydrogens (tertiary/aromatic N) is 1. The summed E-state index contributed by atoms with van der Waals surface area (Å²) in [5, 5.41) is 12.5. The summed E-state index contributed by atoms with van der Waals surface area (Å²) in [7, 11) is 0. The fraction of sp³-hybridized carbons (Fsp3) is 0.786. The third-order valence-electron chi connectivity index (χ3n) is 3.42. The van der Waals surface area contributed by atoms with Crippen LogP contribution in [0.3, 0.4) is 0 Å². The standard InChI is InChI=1S/C14H24N2O3/c17-13(9-5-2-6-10-14(18)19)16-15-11-12-7-3-1-4-8-12/h11-12H,1-10H2,(H,16,17)(H,18,19)/b15-11+. The molecular weight excluding hydrogens is 244 g/mol. The highest BCUT2D eigenvalue weighted by Crippen LogP contribution is 2.21. The average Bonchev–Trinajstić information content (AvgIpc) is 2.39. The van der Waals surface area contributed by atoms with E-state index < -0.39 is 5.97 Å². The Morgan fingerprint density at radius 3 is 2.47 bits per heavy atom. The van der Waals surface area contributed by atoms with Crippen molar-refractivity contribution in [2.75, 3.05) is 0 Å². The zero-order chi connectivity index (χ0) is 13.9. The number of aliphatic carboxylic acids is 1. The van der Waals surface area contributed by atoms with Crippen LogP contribution in [0.2, 0.25) is 0 Å². The Balaban J connectivity index is 2.00. The van der Waals surface area contributed by atoms with Gasteiger partial charge in [-0.15, -0.1) is 0 Å². The molecule has 1 aliphatic carbocycles. The molecule has 5 nitrogen and oxygen atoms in total. The van der Waals surface area contributed by atoms with Crippen LogP contribution >= 0.6 is 0 Å². The van der Waals surface area contributed by atoms with E-state index in [1.807, 2.05) is 6.21 Å². The molecule has 0 unspecified atom stereocenters. The SMILES string of the molecule is O=C(O)CCCCCC(=O)N/N=C/C1CCCCC1. The van der Waals surface area contributed by atoms with Gasteiger partial charge in [-0.05, 0) is 31.6 Å². The van der Waals surface area contributed by atoms with Gasteiger partial charge in [-0.3, -0.25) is 9.59 Å². The molecule has 0 radical (unpaired) electrons. The fourth-order valence-corrected chi connectivity index (χ4v) is 2.29. The third-order valence-corrected chi connectivity index (χ3v) is 3.42. The molecule has 1 amide bonds. The highest BCUT2D eigenvalue weighted by Gasteiger charge is 2.10. The summed E-state index contributed by atoms with van der Waals surface area (Å²) >= 11 is 0. The van der Waals surface area contributed by atoms with E-state index in [1.54, 1.807) is 0 Å². The number of carboxylic acids is 1. The van der Waals surface area contributed by atoms with Gasteiger partial charge in [-0.25, -0.2) is 5.43 Å². The molecule has 108 valence electrons. The molecule has 0 aromatic heterocycles. The normalized spacial score (nSPS) is 16.6. The summed E-state index contributed by atoms with van der Waals surface area (Å²) < 4.78 is 0. The second-order valence-corrected chi connectivity index (χ2v) is 5.17. The highest BCUT2D eigenvalue weighted by atomic mass is 16.4. The molecule has 0 saturated heterocycles. The minimum absolute atomic E-state index is 0.0811. The second-order valence-electron chi connectivity index (χ2n) is 5.17. The Morgan fingerprint density at radius 1 is 1.11 bits per heavy atom. The molecule has 1 rings (SSSR count). The van der Waals surface area contributed by atoms with E-state index in [1.165, 1.54) is 32.1 Å². The van der Waals surface area contributed by atoms with Gasteiger partial charge in [-0.2, -0.15) is 5.10 Å². The Labute approximate surface area is 114 Å². The number of rotatable bonds is 8. The van der Waals surface area contributed by atoms with Gasteiger partial charge >= 0.3 is 5.97 Å². The van der Waals surface area contributed by atoms with E-state index in [4.69, 9.17) is 5.11 Å². The molecule has 1 fully saturated rings. The minimum Gasteiger partial charge on any atom is -0.481 e. The Bertz CT molecular complexity index is 310. The molecule has 0 spiro atoms. The Morgan fingerprint density at radius 2 is 1.79 bits per heavy atom. The first-order valence-electron chi connectivity index (χ1n) is 7.22.